The molecule has 2 nitrogen and oxygen atoms in total. The molecule has 0 saturated heterocycles. The molecule has 0 aromatic heterocycles. The quantitative estimate of drug-likeness (QED) is 0.441. The molecular formula is C27H32O2SSi. The van der Waals surface area contributed by atoms with Gasteiger partial charge < -0.3 is 4.43 Å². The maximum Gasteiger partial charge on any atom is 0.261 e. The molecule has 4 heteroatoms. The number of benzene rings is 3. The molecule has 0 saturated carbocycles. The van der Waals surface area contributed by atoms with Crippen LogP contribution in [0, 0.1) is 6.92 Å². The highest BCUT2D eigenvalue weighted by Crippen LogP contribution is 2.37. The van der Waals surface area contributed by atoms with Crippen LogP contribution in [0.25, 0.3) is 0 Å². The Kier molecular flexibility index (Phi) is 7.47. The zero-order valence-corrected chi connectivity index (χ0v) is 20.9. The summed E-state index contributed by atoms with van der Waals surface area (Å²) in [5.74, 6) is 0. The van der Waals surface area contributed by atoms with E-state index in [4.69, 9.17) is 4.43 Å². The monoisotopic (exact) mass is 448 g/mol. The lowest BCUT2D eigenvalue weighted by Crippen LogP contribution is -2.67. The van der Waals surface area contributed by atoms with Crippen LogP contribution in [0.2, 0.25) is 5.04 Å². The maximum absolute atomic E-state index is 12.7. The molecule has 0 aliphatic carbocycles. The van der Waals surface area contributed by atoms with Crippen LogP contribution < -0.4 is 10.4 Å². The molecule has 0 spiro atoms. The zero-order chi connectivity index (χ0) is 22.5. The van der Waals surface area contributed by atoms with Gasteiger partial charge in [-0.1, -0.05) is 99.1 Å². The predicted molar refractivity (Wildman–Crippen MR) is 135 cm³/mol. The second-order valence-electron chi connectivity index (χ2n) is 8.93. The van der Waals surface area contributed by atoms with Crippen molar-refractivity contribution in [3.05, 3.63) is 102 Å². The van der Waals surface area contributed by atoms with Crippen molar-refractivity contribution < 1.29 is 8.63 Å². The van der Waals surface area contributed by atoms with Crippen molar-refractivity contribution in [2.75, 3.05) is 0 Å². The molecule has 31 heavy (non-hydrogen) atoms. The van der Waals surface area contributed by atoms with Gasteiger partial charge in [-0.05, 0) is 47.5 Å². The van der Waals surface area contributed by atoms with E-state index < -0.39 is 19.1 Å². The lowest BCUT2D eigenvalue weighted by Gasteiger charge is -2.44. The number of rotatable bonds is 7. The van der Waals surface area contributed by atoms with Gasteiger partial charge in [0.05, 0.1) is 16.9 Å². The van der Waals surface area contributed by atoms with E-state index in [1.165, 1.54) is 10.4 Å². The van der Waals surface area contributed by atoms with Gasteiger partial charge >= 0.3 is 0 Å². The summed E-state index contributed by atoms with van der Waals surface area (Å²) >= 11 is 0. The Morgan fingerprint density at radius 2 is 1.32 bits per heavy atom. The lowest BCUT2D eigenvalue weighted by molar-refractivity contribution is 0.252. The first-order valence-electron chi connectivity index (χ1n) is 10.7. The van der Waals surface area contributed by atoms with E-state index >= 15 is 0 Å². The van der Waals surface area contributed by atoms with Gasteiger partial charge in [-0.25, -0.2) is 4.21 Å². The van der Waals surface area contributed by atoms with Crippen LogP contribution in [0.15, 0.2) is 101 Å². The third-order valence-electron chi connectivity index (χ3n) is 5.51. The molecule has 0 aliphatic rings. The lowest BCUT2D eigenvalue weighted by atomic mass is 10.2. The minimum Gasteiger partial charge on any atom is -0.401 e. The summed E-state index contributed by atoms with van der Waals surface area (Å²) in [6, 6.07) is 29.0. The Hall–Kier alpha value is -2.27. The highest BCUT2D eigenvalue weighted by molar-refractivity contribution is 7.88. The summed E-state index contributed by atoms with van der Waals surface area (Å²) in [4.78, 5) is 0.805. The van der Waals surface area contributed by atoms with Crippen molar-refractivity contribution in [2.24, 2.45) is 0 Å². The second-order valence-corrected chi connectivity index (χ2v) is 14.5. The molecule has 0 heterocycles. The highest BCUT2D eigenvalue weighted by Gasteiger charge is 2.50. The van der Waals surface area contributed by atoms with Crippen molar-refractivity contribution in [3.8, 4) is 0 Å². The van der Waals surface area contributed by atoms with Crippen LogP contribution >= 0.6 is 0 Å². The summed E-state index contributed by atoms with van der Waals surface area (Å²) < 4.78 is 19.7. The first-order valence-corrected chi connectivity index (χ1v) is 13.8. The third kappa shape index (κ3) is 5.32. The van der Waals surface area contributed by atoms with Crippen molar-refractivity contribution in [3.63, 3.8) is 0 Å². The van der Waals surface area contributed by atoms with E-state index in [0.29, 0.717) is 0 Å². The number of hydrogen-bond donors (Lipinski definition) is 0. The summed E-state index contributed by atoms with van der Waals surface area (Å²) in [5, 5.41) is 4.16. The summed E-state index contributed by atoms with van der Waals surface area (Å²) in [5.41, 5.74) is 1.16. The van der Waals surface area contributed by atoms with E-state index in [0.717, 1.165) is 10.5 Å². The Bertz CT molecular complexity index is 983. The Morgan fingerprint density at radius 3 is 1.77 bits per heavy atom. The molecule has 0 fully saturated rings. The van der Waals surface area contributed by atoms with Gasteiger partial charge in [-0.2, -0.15) is 0 Å². The summed E-state index contributed by atoms with van der Waals surface area (Å²) in [7, 11) is -3.82. The fraction of sp³-hybridized carbons (Fsp3) is 0.259. The Balaban J connectivity index is 1.97. The van der Waals surface area contributed by atoms with Crippen LogP contribution in [0.1, 0.15) is 33.3 Å². The van der Waals surface area contributed by atoms with Gasteiger partial charge in [-0.15, -0.1) is 0 Å². The van der Waals surface area contributed by atoms with Gasteiger partial charge in [0.1, 0.15) is 0 Å². The summed E-state index contributed by atoms with van der Waals surface area (Å²) in [6.45, 7) is 10.9. The SMILES string of the molecule is Cc1ccc([S@@](=O)/C=C\[C@H](C)O[Si](c2ccccc2)(c2ccccc2)C(C)(C)C)cc1. The van der Waals surface area contributed by atoms with Crippen LogP contribution in [0.4, 0.5) is 0 Å². The third-order valence-corrected chi connectivity index (χ3v) is 11.8. The van der Waals surface area contributed by atoms with Crippen LogP contribution in [0.5, 0.6) is 0 Å². The normalized spacial score (nSPS) is 14.5. The molecule has 0 bridgehead atoms. The van der Waals surface area contributed by atoms with Crippen molar-refractivity contribution in [1.29, 1.82) is 0 Å². The summed E-state index contributed by atoms with van der Waals surface area (Å²) in [6.07, 6.45) is 1.76. The fourth-order valence-electron chi connectivity index (χ4n) is 3.94. The van der Waals surface area contributed by atoms with E-state index in [1.807, 2.05) is 56.3 Å². The molecule has 0 unspecified atom stereocenters. The maximum atomic E-state index is 12.7. The first kappa shape index (κ1) is 23.4. The first-order chi connectivity index (χ1) is 14.7. The van der Waals surface area contributed by atoms with Gasteiger partial charge in [0, 0.05) is 10.3 Å². The average molecular weight is 449 g/mol. The molecule has 162 valence electrons. The van der Waals surface area contributed by atoms with Crippen LogP contribution in [-0.2, 0) is 15.2 Å². The largest absolute Gasteiger partial charge is 0.401 e. The number of hydrogen-bond acceptors (Lipinski definition) is 2. The molecule has 3 aromatic rings. The molecule has 3 aromatic carbocycles. The molecule has 0 amide bonds. The minimum absolute atomic E-state index is 0.0894. The molecule has 3 rings (SSSR count). The van der Waals surface area contributed by atoms with Gasteiger partial charge in [0.15, 0.2) is 0 Å². The molecule has 0 N–H and O–H groups in total. The van der Waals surface area contributed by atoms with E-state index in [2.05, 4.69) is 69.3 Å². The molecular weight excluding hydrogens is 416 g/mol. The topological polar surface area (TPSA) is 26.3 Å². The predicted octanol–water partition coefficient (Wildman–Crippen LogP) is 5.58. The average Bonchev–Trinajstić information content (AvgIpc) is 2.76. The molecule has 0 aliphatic heterocycles. The smallest absolute Gasteiger partial charge is 0.261 e. The molecule has 2 atom stereocenters. The van der Waals surface area contributed by atoms with Crippen LogP contribution in [0.3, 0.4) is 0 Å². The Morgan fingerprint density at radius 1 is 0.839 bits per heavy atom. The fourth-order valence-corrected chi connectivity index (χ4v) is 9.52. The number of aryl methyl sites for hydroxylation is 1. The van der Waals surface area contributed by atoms with Crippen molar-refractivity contribution in [1.82, 2.24) is 0 Å². The van der Waals surface area contributed by atoms with Crippen molar-refractivity contribution in [2.45, 2.75) is 50.7 Å². The van der Waals surface area contributed by atoms with Gasteiger partial charge in [-0.3, -0.25) is 0 Å². The van der Waals surface area contributed by atoms with E-state index in [9.17, 15) is 4.21 Å². The van der Waals surface area contributed by atoms with E-state index in [-0.39, 0.29) is 11.1 Å². The van der Waals surface area contributed by atoms with E-state index in [1.54, 1.807) is 5.41 Å². The van der Waals surface area contributed by atoms with Crippen LogP contribution in [-0.4, -0.2) is 18.6 Å². The van der Waals surface area contributed by atoms with Crippen molar-refractivity contribution >= 4 is 29.5 Å². The minimum atomic E-state index is -2.62. The second kappa shape index (κ2) is 9.90. The van der Waals surface area contributed by atoms with Gasteiger partial charge in [0.2, 0.25) is 0 Å². The standard InChI is InChI=1S/C27H32O2SSi/c1-22-16-18-24(19-17-22)30(28)21-20-23(2)29-31(27(3,4)5,25-12-8-6-9-13-25)26-14-10-7-11-15-26/h6-21,23H,1-5H3/b21-20-/t23-,30-/m0/s1. The molecule has 0 radical (unpaired) electrons. The highest BCUT2D eigenvalue weighted by atomic mass is 32.2. The Labute approximate surface area is 190 Å². The zero-order valence-electron chi connectivity index (χ0n) is 19.0. The van der Waals surface area contributed by atoms with Gasteiger partial charge in [0.25, 0.3) is 8.32 Å².